The molecule has 3 aliphatic rings. The highest BCUT2D eigenvalue weighted by Gasteiger charge is 2.54. The fraction of sp³-hybridized carbons (Fsp3) is 0.429. The Bertz CT molecular complexity index is 586. The number of benzene rings is 1. The zero-order valence-electron chi connectivity index (χ0n) is 10.7. The molecule has 0 bridgehead atoms. The summed E-state index contributed by atoms with van der Waals surface area (Å²) in [5, 5.41) is 0. The monoisotopic (exact) mass is 257 g/mol. The first-order valence-electron chi connectivity index (χ1n) is 6.65. The molecule has 3 heterocycles. The lowest BCUT2D eigenvalue weighted by molar-refractivity contribution is -0.119. The average molecular weight is 257 g/mol. The number of amides is 2. The van der Waals surface area contributed by atoms with Crippen LogP contribution in [0.4, 0.5) is 5.69 Å². The van der Waals surface area contributed by atoms with E-state index in [1.807, 2.05) is 18.2 Å². The summed E-state index contributed by atoms with van der Waals surface area (Å²) in [5.74, 6) is 0.131. The van der Waals surface area contributed by atoms with Crippen LogP contribution in [0.3, 0.4) is 0 Å². The first kappa shape index (κ1) is 11.0. The van der Waals surface area contributed by atoms with Gasteiger partial charge in [-0.3, -0.25) is 19.4 Å². The largest absolute Gasteiger partial charge is 0.308 e. The summed E-state index contributed by atoms with van der Waals surface area (Å²) in [6.07, 6.45) is 1.70. The van der Waals surface area contributed by atoms with Crippen molar-refractivity contribution in [1.29, 1.82) is 0 Å². The Hall–Kier alpha value is -1.88. The Kier molecular flexibility index (Phi) is 2.07. The summed E-state index contributed by atoms with van der Waals surface area (Å²) < 4.78 is 0. The van der Waals surface area contributed by atoms with Crippen molar-refractivity contribution in [3.63, 3.8) is 0 Å². The van der Waals surface area contributed by atoms with Crippen LogP contribution in [0.15, 0.2) is 24.3 Å². The summed E-state index contributed by atoms with van der Waals surface area (Å²) in [4.78, 5) is 30.6. The lowest BCUT2D eigenvalue weighted by Gasteiger charge is -2.40. The minimum absolute atomic E-state index is 0.00259. The Morgan fingerprint density at radius 3 is 2.84 bits per heavy atom. The van der Waals surface area contributed by atoms with Gasteiger partial charge in [0.1, 0.15) is 0 Å². The van der Waals surface area contributed by atoms with E-state index >= 15 is 0 Å². The molecule has 0 N–H and O–H groups in total. The van der Waals surface area contributed by atoms with E-state index in [0.717, 1.165) is 25.1 Å². The zero-order chi connectivity index (χ0) is 13.1. The maximum Gasteiger partial charge on any atom is 0.258 e. The van der Waals surface area contributed by atoms with Crippen molar-refractivity contribution in [1.82, 2.24) is 9.80 Å². The highest BCUT2D eigenvalue weighted by atomic mass is 16.2. The lowest BCUT2D eigenvalue weighted by atomic mass is 10.1. The van der Waals surface area contributed by atoms with Crippen LogP contribution in [-0.4, -0.2) is 47.5 Å². The summed E-state index contributed by atoms with van der Waals surface area (Å²) in [5.41, 5.74) is 1.38. The van der Waals surface area contributed by atoms with Gasteiger partial charge in [-0.15, -0.1) is 0 Å². The number of carbonyl (C=O) groups excluding carboxylic acids is 2. The number of hydrogen-bond acceptors (Lipinski definition) is 3. The molecular weight excluding hydrogens is 242 g/mol. The Morgan fingerprint density at radius 2 is 2.00 bits per heavy atom. The molecular formula is C14H15N3O2. The molecule has 19 heavy (non-hydrogen) atoms. The van der Waals surface area contributed by atoms with Crippen LogP contribution >= 0.6 is 0 Å². The minimum atomic E-state index is -0.234. The quantitative estimate of drug-likeness (QED) is 0.692. The molecule has 2 saturated heterocycles. The van der Waals surface area contributed by atoms with Gasteiger partial charge in [-0.2, -0.15) is 0 Å². The van der Waals surface area contributed by atoms with Crippen molar-refractivity contribution in [2.75, 3.05) is 18.5 Å². The molecule has 2 amide bonds. The van der Waals surface area contributed by atoms with Crippen LogP contribution in [0.25, 0.3) is 0 Å². The van der Waals surface area contributed by atoms with E-state index in [2.05, 4.69) is 4.90 Å². The third-order valence-corrected chi connectivity index (χ3v) is 4.41. The van der Waals surface area contributed by atoms with Gasteiger partial charge in [-0.05, 0) is 25.0 Å². The van der Waals surface area contributed by atoms with Crippen molar-refractivity contribution < 1.29 is 9.59 Å². The van der Waals surface area contributed by atoms with E-state index in [1.165, 1.54) is 0 Å². The van der Waals surface area contributed by atoms with E-state index in [-0.39, 0.29) is 24.1 Å². The summed E-state index contributed by atoms with van der Waals surface area (Å²) in [6, 6.07) is 7.33. The molecule has 0 spiro atoms. The number of carbonyl (C=O) groups is 2. The third-order valence-electron chi connectivity index (χ3n) is 4.41. The maximum absolute atomic E-state index is 12.6. The molecule has 98 valence electrons. The summed E-state index contributed by atoms with van der Waals surface area (Å²) >= 11 is 0. The summed E-state index contributed by atoms with van der Waals surface area (Å²) in [7, 11) is 1.78. The molecule has 0 aromatic heterocycles. The highest BCUT2D eigenvalue weighted by Crippen LogP contribution is 2.40. The molecule has 4 rings (SSSR count). The van der Waals surface area contributed by atoms with Crippen molar-refractivity contribution in [3.05, 3.63) is 29.8 Å². The second kappa shape index (κ2) is 3.57. The molecule has 1 aromatic rings. The van der Waals surface area contributed by atoms with Crippen molar-refractivity contribution in [3.8, 4) is 0 Å². The normalized spacial score (nSPS) is 29.5. The smallest absolute Gasteiger partial charge is 0.258 e. The standard InChI is InChI=1S/C14H15N3O2/c1-15-12(18)9-5-2-3-6-10(9)17-13(19)11-7-4-8-16(11)14(15)17/h2-3,5-6,11,14H,4,7-8H2,1H3/t11-,14+/m0/s1. The molecule has 0 aliphatic carbocycles. The molecule has 3 aliphatic heterocycles. The van der Waals surface area contributed by atoms with E-state index < -0.39 is 0 Å². The Balaban J connectivity index is 1.91. The molecule has 1 aromatic carbocycles. The van der Waals surface area contributed by atoms with E-state index in [0.29, 0.717) is 5.56 Å². The maximum atomic E-state index is 12.6. The van der Waals surface area contributed by atoms with Crippen molar-refractivity contribution >= 4 is 17.5 Å². The molecule has 5 nitrogen and oxygen atoms in total. The molecule has 2 atom stereocenters. The van der Waals surface area contributed by atoms with Crippen molar-refractivity contribution in [2.24, 2.45) is 0 Å². The van der Waals surface area contributed by atoms with Crippen LogP contribution in [-0.2, 0) is 4.79 Å². The second-order valence-electron chi connectivity index (χ2n) is 5.38. The van der Waals surface area contributed by atoms with Crippen LogP contribution in [0.1, 0.15) is 23.2 Å². The zero-order valence-corrected chi connectivity index (χ0v) is 10.7. The predicted octanol–water partition coefficient (Wildman–Crippen LogP) is 0.867. The number of anilines is 1. The number of para-hydroxylation sites is 1. The Morgan fingerprint density at radius 1 is 1.21 bits per heavy atom. The van der Waals surface area contributed by atoms with Crippen LogP contribution in [0, 0.1) is 0 Å². The lowest BCUT2D eigenvalue weighted by Crippen LogP contribution is -2.56. The molecule has 0 unspecified atom stereocenters. The molecule has 5 heteroatoms. The van der Waals surface area contributed by atoms with Gasteiger partial charge in [0.05, 0.1) is 17.3 Å². The third kappa shape index (κ3) is 1.23. The van der Waals surface area contributed by atoms with Crippen LogP contribution < -0.4 is 4.90 Å². The van der Waals surface area contributed by atoms with Gasteiger partial charge in [0.25, 0.3) is 5.91 Å². The minimum Gasteiger partial charge on any atom is -0.308 e. The average Bonchev–Trinajstić information content (AvgIpc) is 2.99. The van der Waals surface area contributed by atoms with Crippen molar-refractivity contribution in [2.45, 2.75) is 25.2 Å². The first-order valence-corrected chi connectivity index (χ1v) is 6.65. The first-order chi connectivity index (χ1) is 9.20. The van der Waals surface area contributed by atoms with Gasteiger partial charge < -0.3 is 4.90 Å². The molecule has 0 radical (unpaired) electrons. The van der Waals surface area contributed by atoms with Gasteiger partial charge in [-0.1, -0.05) is 12.1 Å². The van der Waals surface area contributed by atoms with Crippen LogP contribution in [0.2, 0.25) is 0 Å². The Labute approximate surface area is 111 Å². The fourth-order valence-electron chi connectivity index (χ4n) is 3.55. The fourth-order valence-corrected chi connectivity index (χ4v) is 3.55. The topological polar surface area (TPSA) is 43.9 Å². The SMILES string of the molecule is CN1C(=O)c2ccccc2N2C(=O)[C@@H]3CCCN3[C@@H]12. The van der Waals surface area contributed by atoms with Gasteiger partial charge in [0.2, 0.25) is 5.91 Å². The molecule has 2 fully saturated rings. The second-order valence-corrected chi connectivity index (χ2v) is 5.38. The van der Waals surface area contributed by atoms with Crippen LogP contribution in [0.5, 0.6) is 0 Å². The van der Waals surface area contributed by atoms with Gasteiger partial charge in [0.15, 0.2) is 6.29 Å². The summed E-state index contributed by atoms with van der Waals surface area (Å²) in [6.45, 7) is 0.886. The van der Waals surface area contributed by atoms with Gasteiger partial charge >= 0.3 is 0 Å². The van der Waals surface area contributed by atoms with E-state index in [9.17, 15) is 9.59 Å². The highest BCUT2D eigenvalue weighted by molar-refractivity contribution is 6.10. The predicted molar refractivity (Wildman–Crippen MR) is 69.5 cm³/mol. The molecule has 0 saturated carbocycles. The van der Waals surface area contributed by atoms with Gasteiger partial charge in [-0.25, -0.2) is 0 Å². The number of fused-ring (bicyclic) bond motifs is 5. The van der Waals surface area contributed by atoms with E-state index in [1.54, 1.807) is 22.9 Å². The van der Waals surface area contributed by atoms with E-state index in [4.69, 9.17) is 0 Å². The number of nitrogens with zero attached hydrogens (tertiary/aromatic N) is 3. The van der Waals surface area contributed by atoms with Gasteiger partial charge in [0, 0.05) is 13.6 Å². The number of rotatable bonds is 0. The number of hydrogen-bond donors (Lipinski definition) is 0.